The first kappa shape index (κ1) is 77.6. The van der Waals surface area contributed by atoms with Crippen molar-refractivity contribution in [3.8, 4) is 0 Å². The Labute approximate surface area is 500 Å². The predicted molar refractivity (Wildman–Crippen MR) is 355 cm³/mol. The van der Waals surface area contributed by atoms with Crippen LogP contribution in [0, 0.1) is 0 Å². The molecule has 0 rings (SSSR count). The molecule has 0 radical (unpaired) electrons. The summed E-state index contributed by atoms with van der Waals surface area (Å²) in [6.45, 7) is 4.67. The summed E-state index contributed by atoms with van der Waals surface area (Å²) in [7, 11) is 1.53. The number of hydrogen-bond donors (Lipinski definition) is 3. The van der Waals surface area contributed by atoms with Gasteiger partial charge in [-0.15, -0.1) is 0 Å². The smallest absolute Gasteiger partial charge is 0.387 e. The third kappa shape index (κ3) is 64.1. The average molecular weight is 1150 g/mol. The molecule has 3 unspecified atom stereocenters. The molecule has 81 heavy (non-hydrogen) atoms. The van der Waals surface area contributed by atoms with Gasteiger partial charge in [0.15, 0.2) is 0 Å². The van der Waals surface area contributed by atoms with Crippen molar-refractivity contribution in [2.24, 2.45) is 0 Å². The number of amides is 1. The number of unbranched alkanes of at least 4 members (excludes halogenated alkanes) is 26. The van der Waals surface area contributed by atoms with Gasteiger partial charge in [0.1, 0.15) is 13.2 Å². The normalized spacial score (nSPS) is 14.6. The first-order chi connectivity index (χ1) is 39.5. The number of phosphoric acid groups is 1. The van der Waals surface area contributed by atoms with E-state index in [0.717, 1.165) is 103 Å². The van der Waals surface area contributed by atoms with Gasteiger partial charge < -0.3 is 19.8 Å². The van der Waals surface area contributed by atoms with E-state index in [4.69, 9.17) is 9.05 Å². The number of nitrogens with zero attached hydrogens (tertiary/aromatic N) is 1. The van der Waals surface area contributed by atoms with Gasteiger partial charge in [0, 0.05) is 6.42 Å². The summed E-state index contributed by atoms with van der Waals surface area (Å²) in [6, 6.07) is -0.883. The van der Waals surface area contributed by atoms with Gasteiger partial charge in [-0.05, 0) is 109 Å². The van der Waals surface area contributed by atoms with Crippen LogP contribution in [0.4, 0.5) is 0 Å². The van der Waals surface area contributed by atoms with Crippen molar-refractivity contribution in [3.63, 3.8) is 0 Å². The Balaban J connectivity index is 4.22. The monoisotopic (exact) mass is 1150 g/mol. The average Bonchev–Trinajstić information content (AvgIpc) is 3.43. The molecule has 8 nitrogen and oxygen atoms in total. The highest BCUT2D eigenvalue weighted by atomic mass is 31.2. The summed E-state index contributed by atoms with van der Waals surface area (Å²) in [5.41, 5.74) is 0. The Morgan fingerprint density at radius 2 is 0.753 bits per heavy atom. The van der Waals surface area contributed by atoms with E-state index >= 15 is 0 Å². The fraction of sp³-hybridized carbons (Fsp3) is 0.681. The number of quaternary nitrogens is 1. The van der Waals surface area contributed by atoms with E-state index in [9.17, 15) is 19.4 Å². The zero-order valence-electron chi connectivity index (χ0n) is 53.0. The second-order valence-corrected chi connectivity index (χ2v) is 24.5. The van der Waals surface area contributed by atoms with Crippen molar-refractivity contribution < 1.29 is 32.9 Å². The Bertz CT molecular complexity index is 1780. The van der Waals surface area contributed by atoms with E-state index in [2.05, 4.69) is 141 Å². The molecule has 0 spiro atoms. The van der Waals surface area contributed by atoms with E-state index in [1.807, 2.05) is 27.2 Å². The van der Waals surface area contributed by atoms with Crippen LogP contribution in [0.5, 0.6) is 0 Å². The van der Waals surface area contributed by atoms with Crippen LogP contribution in [0.3, 0.4) is 0 Å². The maximum Gasteiger partial charge on any atom is 0.472 e. The zero-order valence-corrected chi connectivity index (χ0v) is 53.9. The van der Waals surface area contributed by atoms with Crippen LogP contribution in [-0.4, -0.2) is 73.4 Å². The van der Waals surface area contributed by atoms with Crippen LogP contribution in [-0.2, 0) is 18.4 Å². The number of aliphatic hydroxyl groups excluding tert-OH is 1. The Kier molecular flexibility index (Phi) is 58.7. The quantitative estimate of drug-likeness (QED) is 0.0243. The molecule has 3 N–H and O–H groups in total. The van der Waals surface area contributed by atoms with E-state index in [1.165, 1.54) is 141 Å². The number of allylic oxidation sites excluding steroid dienone is 21. The van der Waals surface area contributed by atoms with Gasteiger partial charge in [-0.1, -0.05) is 282 Å². The molecule has 464 valence electrons. The van der Waals surface area contributed by atoms with Crippen molar-refractivity contribution in [1.82, 2.24) is 5.32 Å². The second kappa shape index (κ2) is 61.2. The fourth-order valence-corrected chi connectivity index (χ4v) is 9.71. The van der Waals surface area contributed by atoms with Crippen molar-refractivity contribution in [2.45, 2.75) is 276 Å². The molecular formula is C72H126N2O6P+. The molecule has 0 heterocycles. The van der Waals surface area contributed by atoms with Gasteiger partial charge in [-0.25, -0.2) is 4.57 Å². The summed E-state index contributed by atoms with van der Waals surface area (Å²) in [4.78, 5) is 23.4. The number of aliphatic hydroxyl groups is 1. The minimum atomic E-state index is -4.37. The number of carbonyl (C=O) groups is 1. The van der Waals surface area contributed by atoms with Gasteiger partial charge in [-0.2, -0.15) is 0 Å². The third-order valence-electron chi connectivity index (χ3n) is 14.1. The molecule has 3 atom stereocenters. The minimum absolute atomic E-state index is 0.0463. The molecule has 0 aliphatic heterocycles. The second-order valence-electron chi connectivity index (χ2n) is 23.1. The summed E-state index contributed by atoms with van der Waals surface area (Å²) < 4.78 is 23.8. The maximum absolute atomic E-state index is 13.0. The Morgan fingerprint density at radius 3 is 1.14 bits per heavy atom. The first-order valence-corrected chi connectivity index (χ1v) is 34.6. The molecule has 0 fully saturated rings. The number of nitrogens with one attached hydrogen (secondary N) is 1. The molecule has 9 heteroatoms. The molecule has 0 saturated carbocycles. The van der Waals surface area contributed by atoms with Crippen LogP contribution < -0.4 is 5.32 Å². The van der Waals surface area contributed by atoms with Gasteiger partial charge in [0.2, 0.25) is 5.91 Å². The zero-order chi connectivity index (χ0) is 59.1. The van der Waals surface area contributed by atoms with E-state index in [-0.39, 0.29) is 19.1 Å². The van der Waals surface area contributed by atoms with Crippen LogP contribution in [0.25, 0.3) is 0 Å². The molecular weight excluding hydrogens is 1020 g/mol. The van der Waals surface area contributed by atoms with Crippen molar-refractivity contribution in [1.29, 1.82) is 0 Å². The SMILES string of the molecule is CC/C=C\C/C=C\C/C=C\C/C=C\C/C=C\C/C=C\C/C=C\C/C=C\CCCCCCCCCCCCC(=O)NC(COP(=O)(O)OCC[N+](C)(C)C)C(O)/C=C/CC/C=C/CC/C=C/CCCCCCCCCCCCCCCC. The fourth-order valence-electron chi connectivity index (χ4n) is 8.97. The highest BCUT2D eigenvalue weighted by Crippen LogP contribution is 2.43. The van der Waals surface area contributed by atoms with E-state index in [0.29, 0.717) is 17.4 Å². The maximum atomic E-state index is 13.0. The lowest BCUT2D eigenvalue weighted by atomic mass is 10.0. The van der Waals surface area contributed by atoms with E-state index < -0.39 is 20.0 Å². The topological polar surface area (TPSA) is 105 Å². The predicted octanol–water partition coefficient (Wildman–Crippen LogP) is 21.0. The third-order valence-corrected chi connectivity index (χ3v) is 15.1. The molecule has 0 aromatic carbocycles. The van der Waals surface area contributed by atoms with Crippen LogP contribution in [0.2, 0.25) is 0 Å². The largest absolute Gasteiger partial charge is 0.472 e. The molecule has 0 aliphatic carbocycles. The number of carbonyl (C=O) groups excluding carboxylic acids is 1. The Morgan fingerprint density at radius 1 is 0.432 bits per heavy atom. The molecule has 0 aliphatic rings. The number of likely N-dealkylation sites (N-methyl/N-ethyl adjacent to an activating group) is 1. The van der Waals surface area contributed by atoms with Gasteiger partial charge in [0.25, 0.3) is 0 Å². The first-order valence-electron chi connectivity index (χ1n) is 33.1. The highest BCUT2D eigenvalue weighted by Gasteiger charge is 2.27. The standard InChI is InChI=1S/C72H125N2O6P/c1-6-8-10-12-14-16-18-20-22-24-26-28-30-32-33-34-35-36-37-38-39-40-41-42-44-46-48-50-52-54-56-58-60-62-64-66-72(76)73-70(69-80-81(77,78)79-68-67-74(3,4)5)71(75)65-63-61-59-57-55-53-51-49-47-45-43-31-29-27-25-23-21-19-17-15-13-11-9-7-2/h8,10,14,16,20,22,26,28,32-33,35-36,38-39,41-42,47,49,55,57,63,65,70-71,75H,6-7,9,11-13,15,17-19,21,23-25,27,29-31,34,37,40,43-46,48,50-54,56,58-62,64,66-69H2,1-5H3,(H-,73,76,77,78)/p+1/b10-8-,16-14-,22-20-,28-26-,33-32-,36-35-,39-38-,42-41-,49-47+,57-55+,65-63+. The summed E-state index contributed by atoms with van der Waals surface area (Å²) >= 11 is 0. The van der Waals surface area contributed by atoms with Gasteiger partial charge in [0.05, 0.1) is 39.9 Å². The van der Waals surface area contributed by atoms with Gasteiger partial charge >= 0.3 is 7.82 Å². The van der Waals surface area contributed by atoms with Crippen LogP contribution in [0.1, 0.15) is 264 Å². The molecule has 0 bridgehead atoms. The summed E-state index contributed by atoms with van der Waals surface area (Å²) in [5.74, 6) is -0.200. The molecule has 0 saturated heterocycles. The molecule has 0 aromatic heterocycles. The number of phosphoric ester groups is 1. The Hall–Kier alpha value is -3.36. The molecule has 0 aromatic rings. The lowest BCUT2D eigenvalue weighted by Gasteiger charge is -2.25. The van der Waals surface area contributed by atoms with E-state index in [1.54, 1.807) is 6.08 Å². The van der Waals surface area contributed by atoms with Gasteiger partial charge in [-0.3, -0.25) is 13.8 Å². The lowest BCUT2D eigenvalue weighted by Crippen LogP contribution is -2.45. The van der Waals surface area contributed by atoms with Crippen molar-refractivity contribution in [2.75, 3.05) is 40.9 Å². The molecule has 1 amide bonds. The summed E-state index contributed by atoms with van der Waals surface area (Å²) in [6.07, 6.45) is 92.9. The summed E-state index contributed by atoms with van der Waals surface area (Å²) in [5, 5.41) is 14.0. The highest BCUT2D eigenvalue weighted by molar-refractivity contribution is 7.47. The van der Waals surface area contributed by atoms with Crippen molar-refractivity contribution in [3.05, 3.63) is 134 Å². The minimum Gasteiger partial charge on any atom is -0.387 e. The number of hydrogen-bond acceptors (Lipinski definition) is 5. The number of rotatable bonds is 59. The lowest BCUT2D eigenvalue weighted by molar-refractivity contribution is -0.870. The van der Waals surface area contributed by atoms with Crippen LogP contribution >= 0.6 is 7.82 Å². The van der Waals surface area contributed by atoms with Crippen LogP contribution in [0.15, 0.2) is 134 Å². The van der Waals surface area contributed by atoms with Crippen molar-refractivity contribution >= 4 is 13.7 Å².